The SMILES string of the molecule is O=[S+]1([O-])NCC2(CCCN(Cc3cnccn3)C2)Oc2ncccc21. The zero-order valence-electron chi connectivity index (χ0n) is 13.6. The molecule has 0 bridgehead atoms. The molecule has 2 aliphatic rings. The molecule has 2 atom stereocenters. The van der Waals surface area contributed by atoms with Crippen LogP contribution in [0.4, 0.5) is 0 Å². The van der Waals surface area contributed by atoms with E-state index in [9.17, 15) is 8.76 Å². The number of ether oxygens (including phenoxy) is 1. The van der Waals surface area contributed by atoms with Gasteiger partial charge in [-0.05, 0) is 25.5 Å². The molecule has 4 rings (SSSR count). The van der Waals surface area contributed by atoms with Gasteiger partial charge in [-0.2, -0.15) is 0 Å². The molecular formula is C16H19N5O3S. The second kappa shape index (κ2) is 6.41. The first-order valence-electron chi connectivity index (χ1n) is 8.17. The number of hydrogen-bond acceptors (Lipinski definition) is 7. The lowest BCUT2D eigenvalue weighted by molar-refractivity contribution is -0.0110. The molecule has 1 saturated heterocycles. The van der Waals surface area contributed by atoms with Gasteiger partial charge in [-0.1, -0.05) is 4.21 Å². The highest BCUT2D eigenvalue weighted by molar-refractivity contribution is 7.95. The number of likely N-dealkylation sites (tertiary alicyclic amines) is 1. The maximum Gasteiger partial charge on any atom is 0.272 e. The molecule has 0 aromatic carbocycles. The standard InChI is InChI=1S/C16H19N5O3S/c22-25(23)14-3-1-5-19-15(14)24-16(11-20-25)4-2-8-21(12-16)10-13-9-17-6-7-18-13/h1,3,5-7,9H,2,4,8,10-12H2,(H-,20,22,23). The van der Waals surface area contributed by atoms with Crippen LogP contribution in [-0.2, 0) is 21.2 Å². The average Bonchev–Trinajstić information content (AvgIpc) is 2.71. The average molecular weight is 361 g/mol. The molecule has 25 heavy (non-hydrogen) atoms. The first-order valence-corrected chi connectivity index (χ1v) is 9.66. The van der Waals surface area contributed by atoms with Gasteiger partial charge in [0.15, 0.2) is 10.4 Å². The van der Waals surface area contributed by atoms with Crippen LogP contribution < -0.4 is 9.46 Å². The maximum atomic E-state index is 12.4. The van der Waals surface area contributed by atoms with E-state index >= 15 is 0 Å². The summed E-state index contributed by atoms with van der Waals surface area (Å²) in [6, 6.07) is 3.12. The summed E-state index contributed by atoms with van der Waals surface area (Å²) in [5.41, 5.74) is 0.250. The molecule has 9 heteroatoms. The first kappa shape index (κ1) is 16.5. The van der Waals surface area contributed by atoms with Crippen LogP contribution in [0.25, 0.3) is 0 Å². The molecule has 0 amide bonds. The molecule has 132 valence electrons. The molecule has 0 saturated carbocycles. The van der Waals surface area contributed by atoms with Crippen molar-refractivity contribution >= 4 is 10.4 Å². The Morgan fingerprint density at radius 1 is 1.36 bits per heavy atom. The van der Waals surface area contributed by atoms with E-state index in [2.05, 4.69) is 24.6 Å². The summed E-state index contributed by atoms with van der Waals surface area (Å²) in [6.45, 7) is 2.38. The Hall–Kier alpha value is -1.94. The van der Waals surface area contributed by atoms with Crippen molar-refractivity contribution in [2.24, 2.45) is 0 Å². The van der Waals surface area contributed by atoms with Crippen LogP contribution in [0.1, 0.15) is 18.5 Å². The molecule has 4 heterocycles. The predicted octanol–water partition coefficient (Wildman–Crippen LogP) is 0.792. The lowest BCUT2D eigenvalue weighted by atomic mass is 9.92. The third-order valence-corrected chi connectivity index (χ3v) is 5.96. The van der Waals surface area contributed by atoms with Crippen molar-refractivity contribution in [3.05, 3.63) is 42.6 Å². The van der Waals surface area contributed by atoms with Gasteiger partial charge in [0.25, 0.3) is 5.88 Å². The van der Waals surface area contributed by atoms with Crippen molar-refractivity contribution in [2.75, 3.05) is 19.6 Å². The second-order valence-corrected chi connectivity index (χ2v) is 8.16. The lowest BCUT2D eigenvalue weighted by Crippen LogP contribution is -2.56. The molecule has 1 spiro atoms. The van der Waals surface area contributed by atoms with E-state index in [0.29, 0.717) is 13.1 Å². The number of nitrogens with zero attached hydrogens (tertiary/aromatic N) is 4. The minimum atomic E-state index is -3.61. The summed E-state index contributed by atoms with van der Waals surface area (Å²) in [5, 5.41) is 0. The Morgan fingerprint density at radius 2 is 2.28 bits per heavy atom. The number of pyridine rings is 1. The Morgan fingerprint density at radius 3 is 3.12 bits per heavy atom. The lowest BCUT2D eigenvalue weighted by Gasteiger charge is -2.41. The van der Waals surface area contributed by atoms with Crippen LogP contribution in [0.15, 0.2) is 41.8 Å². The Labute approximate surface area is 147 Å². The van der Waals surface area contributed by atoms with Crippen LogP contribution in [0.5, 0.6) is 5.88 Å². The van der Waals surface area contributed by atoms with E-state index in [-0.39, 0.29) is 17.3 Å². The third-order valence-electron chi connectivity index (χ3n) is 4.54. The highest BCUT2D eigenvalue weighted by Crippen LogP contribution is 2.34. The number of sulfonamides is 1. The van der Waals surface area contributed by atoms with E-state index in [0.717, 1.165) is 25.1 Å². The molecule has 2 aromatic rings. The van der Waals surface area contributed by atoms with Crippen molar-refractivity contribution in [1.29, 1.82) is 0 Å². The Kier molecular flexibility index (Phi) is 4.24. The fourth-order valence-electron chi connectivity index (χ4n) is 3.40. The van der Waals surface area contributed by atoms with Gasteiger partial charge in [0, 0.05) is 43.9 Å². The third kappa shape index (κ3) is 3.40. The molecule has 2 unspecified atom stereocenters. The van der Waals surface area contributed by atoms with E-state index in [1.165, 1.54) is 6.07 Å². The molecule has 0 aliphatic carbocycles. The number of hydrogen-bond donors (Lipinski definition) is 1. The Bertz CT molecular complexity index is 805. The van der Waals surface area contributed by atoms with Crippen molar-refractivity contribution in [2.45, 2.75) is 29.9 Å². The highest BCUT2D eigenvalue weighted by atomic mass is 32.3. The van der Waals surface area contributed by atoms with Crippen LogP contribution in [-0.4, -0.2) is 49.6 Å². The number of rotatable bonds is 2. The normalized spacial score (nSPS) is 29.6. The molecule has 1 N–H and O–H groups in total. The zero-order chi connectivity index (χ0) is 17.3. The summed E-state index contributed by atoms with van der Waals surface area (Å²) in [4.78, 5) is 14.9. The number of fused-ring (bicyclic) bond motifs is 1. The number of aromatic nitrogens is 3. The summed E-state index contributed by atoms with van der Waals surface area (Å²) in [5.74, 6) is 0.175. The van der Waals surface area contributed by atoms with Gasteiger partial charge in [-0.3, -0.25) is 14.9 Å². The first-order chi connectivity index (χ1) is 12.1. The van der Waals surface area contributed by atoms with Gasteiger partial charge in [-0.15, -0.1) is 4.72 Å². The molecule has 8 nitrogen and oxygen atoms in total. The van der Waals surface area contributed by atoms with Gasteiger partial charge >= 0.3 is 0 Å². The van der Waals surface area contributed by atoms with E-state index in [4.69, 9.17) is 4.74 Å². The molecule has 1 fully saturated rings. The quantitative estimate of drug-likeness (QED) is 0.789. The minimum Gasteiger partial charge on any atom is -0.593 e. The van der Waals surface area contributed by atoms with Crippen molar-refractivity contribution in [1.82, 2.24) is 24.6 Å². The summed E-state index contributed by atoms with van der Waals surface area (Å²) in [6.07, 6.45) is 8.29. The van der Waals surface area contributed by atoms with Crippen molar-refractivity contribution < 1.29 is 13.5 Å². The fraction of sp³-hybridized carbons (Fsp3) is 0.438. The van der Waals surface area contributed by atoms with Gasteiger partial charge in [0.05, 0.1) is 12.2 Å². The van der Waals surface area contributed by atoms with Crippen molar-refractivity contribution in [3.63, 3.8) is 0 Å². The summed E-state index contributed by atoms with van der Waals surface area (Å²) < 4.78 is 33.7. The Balaban J connectivity index is 1.58. The largest absolute Gasteiger partial charge is 0.593 e. The van der Waals surface area contributed by atoms with Gasteiger partial charge in [-0.25, -0.2) is 4.98 Å². The van der Waals surface area contributed by atoms with E-state index in [1.807, 2.05) is 0 Å². The van der Waals surface area contributed by atoms with Crippen LogP contribution >= 0.6 is 0 Å². The van der Waals surface area contributed by atoms with Crippen LogP contribution in [0.2, 0.25) is 0 Å². The minimum absolute atomic E-state index is 0.0953. The van der Waals surface area contributed by atoms with Crippen LogP contribution in [0.3, 0.4) is 0 Å². The monoisotopic (exact) mass is 361 g/mol. The van der Waals surface area contributed by atoms with Gasteiger partial charge in [0.1, 0.15) is 5.60 Å². The summed E-state index contributed by atoms with van der Waals surface area (Å²) in [7, 11) is -3.61. The molecule has 0 radical (unpaired) electrons. The number of piperidine rings is 1. The second-order valence-electron chi connectivity index (χ2n) is 6.43. The number of nitrogens with one attached hydrogen (secondary N) is 1. The van der Waals surface area contributed by atoms with E-state index in [1.54, 1.807) is 30.9 Å². The maximum absolute atomic E-state index is 12.4. The van der Waals surface area contributed by atoms with E-state index < -0.39 is 16.0 Å². The fourth-order valence-corrected chi connectivity index (χ4v) is 4.59. The topological polar surface area (TPSA) is 103 Å². The molecular weight excluding hydrogens is 342 g/mol. The van der Waals surface area contributed by atoms with Gasteiger partial charge < -0.3 is 9.29 Å². The highest BCUT2D eigenvalue weighted by Gasteiger charge is 2.45. The zero-order valence-corrected chi connectivity index (χ0v) is 14.4. The van der Waals surface area contributed by atoms with Crippen molar-refractivity contribution in [3.8, 4) is 5.88 Å². The van der Waals surface area contributed by atoms with Crippen LogP contribution in [0, 0.1) is 0 Å². The molecule has 2 aliphatic heterocycles. The van der Waals surface area contributed by atoms with Gasteiger partial charge in [0.2, 0.25) is 4.90 Å². The molecule has 2 aromatic heterocycles. The predicted molar refractivity (Wildman–Crippen MR) is 89.2 cm³/mol. The summed E-state index contributed by atoms with van der Waals surface area (Å²) >= 11 is 0. The smallest absolute Gasteiger partial charge is 0.272 e.